The van der Waals surface area contributed by atoms with Gasteiger partial charge in [0.15, 0.2) is 0 Å². The minimum atomic E-state index is -0.464. The summed E-state index contributed by atoms with van der Waals surface area (Å²) in [6.07, 6.45) is 3.78. The summed E-state index contributed by atoms with van der Waals surface area (Å²) in [6.45, 7) is 3.78. The first-order valence-electron chi connectivity index (χ1n) is 7.78. The topological polar surface area (TPSA) is 84.2 Å². The van der Waals surface area contributed by atoms with Gasteiger partial charge in [-0.3, -0.25) is 9.59 Å². The van der Waals surface area contributed by atoms with Crippen LogP contribution in [0.25, 0.3) is 0 Å². The Morgan fingerprint density at radius 1 is 1.32 bits per heavy atom. The molecule has 120 valence electrons. The Bertz CT molecular complexity index is 581. The number of nitrogens with two attached hydrogens (primary N) is 1. The largest absolute Gasteiger partial charge is 0.355 e. The van der Waals surface area contributed by atoms with E-state index in [4.69, 9.17) is 5.73 Å². The lowest BCUT2D eigenvalue weighted by Crippen LogP contribution is -2.51. The summed E-state index contributed by atoms with van der Waals surface area (Å²) in [6, 6.07) is 5.34. The van der Waals surface area contributed by atoms with Crippen molar-refractivity contribution in [1.29, 1.82) is 0 Å². The van der Waals surface area contributed by atoms with Crippen molar-refractivity contribution < 1.29 is 9.59 Å². The van der Waals surface area contributed by atoms with Crippen molar-refractivity contribution in [2.75, 3.05) is 12.4 Å². The molecule has 2 amide bonds. The second-order valence-electron chi connectivity index (χ2n) is 6.35. The number of hydrogen-bond donors (Lipinski definition) is 3. The number of amides is 2. The number of carbonyl (C=O) groups is 2. The molecule has 2 atom stereocenters. The molecule has 0 spiro atoms. The van der Waals surface area contributed by atoms with E-state index in [9.17, 15) is 9.59 Å². The molecular weight excluding hydrogens is 278 g/mol. The van der Waals surface area contributed by atoms with Crippen LogP contribution in [0, 0.1) is 12.8 Å². The molecule has 1 aromatic carbocycles. The number of benzene rings is 1. The molecule has 5 heteroatoms. The van der Waals surface area contributed by atoms with Gasteiger partial charge >= 0.3 is 0 Å². The Balaban J connectivity index is 2.20. The molecule has 1 aliphatic rings. The molecular formula is C17H25N3O2. The molecule has 2 unspecified atom stereocenters. The van der Waals surface area contributed by atoms with Crippen LogP contribution in [0.3, 0.4) is 0 Å². The molecule has 22 heavy (non-hydrogen) atoms. The summed E-state index contributed by atoms with van der Waals surface area (Å²) in [4.78, 5) is 24.4. The van der Waals surface area contributed by atoms with E-state index in [1.54, 1.807) is 19.2 Å². The summed E-state index contributed by atoms with van der Waals surface area (Å²) in [5.74, 6) is -0.402. The van der Waals surface area contributed by atoms with Gasteiger partial charge in [0.1, 0.15) is 0 Å². The summed E-state index contributed by atoms with van der Waals surface area (Å²) in [5, 5.41) is 5.56. The number of carbonyl (C=O) groups excluding carboxylic acids is 2. The average Bonchev–Trinajstić information content (AvgIpc) is 2.48. The minimum Gasteiger partial charge on any atom is -0.355 e. The summed E-state index contributed by atoms with van der Waals surface area (Å²) in [5.41, 5.74) is 7.84. The van der Waals surface area contributed by atoms with Gasteiger partial charge in [-0.05, 0) is 44.4 Å². The molecule has 1 saturated carbocycles. The Kier molecular flexibility index (Phi) is 4.86. The molecule has 0 radical (unpaired) electrons. The average molecular weight is 303 g/mol. The minimum absolute atomic E-state index is 0.0538. The SMILES string of the molecule is CNC(=O)c1cccc(NC(=O)C2CCCCC2(C)N)c1C. The Labute approximate surface area is 131 Å². The van der Waals surface area contributed by atoms with Crippen molar-refractivity contribution in [1.82, 2.24) is 5.32 Å². The highest BCUT2D eigenvalue weighted by Crippen LogP contribution is 2.32. The number of anilines is 1. The second-order valence-corrected chi connectivity index (χ2v) is 6.35. The third kappa shape index (κ3) is 3.30. The summed E-state index contributed by atoms with van der Waals surface area (Å²) < 4.78 is 0. The van der Waals surface area contributed by atoms with E-state index in [1.165, 1.54) is 0 Å². The second kappa shape index (κ2) is 6.48. The van der Waals surface area contributed by atoms with E-state index in [2.05, 4.69) is 10.6 Å². The zero-order valence-corrected chi connectivity index (χ0v) is 13.5. The summed E-state index contributed by atoms with van der Waals surface area (Å²) in [7, 11) is 1.59. The van der Waals surface area contributed by atoms with E-state index < -0.39 is 5.54 Å². The Hall–Kier alpha value is -1.88. The van der Waals surface area contributed by atoms with Crippen LogP contribution in [-0.2, 0) is 4.79 Å². The van der Waals surface area contributed by atoms with E-state index in [-0.39, 0.29) is 17.7 Å². The van der Waals surface area contributed by atoms with Gasteiger partial charge in [0.25, 0.3) is 5.91 Å². The molecule has 0 heterocycles. The van der Waals surface area contributed by atoms with Crippen LogP contribution in [0.1, 0.15) is 48.5 Å². The van der Waals surface area contributed by atoms with Crippen LogP contribution >= 0.6 is 0 Å². The fraction of sp³-hybridized carbons (Fsp3) is 0.529. The van der Waals surface area contributed by atoms with Gasteiger partial charge in [0.2, 0.25) is 5.91 Å². The normalized spacial score (nSPS) is 24.6. The molecule has 1 aliphatic carbocycles. The van der Waals surface area contributed by atoms with Crippen molar-refractivity contribution >= 4 is 17.5 Å². The van der Waals surface area contributed by atoms with Crippen molar-refractivity contribution in [3.63, 3.8) is 0 Å². The van der Waals surface area contributed by atoms with Gasteiger partial charge in [0, 0.05) is 23.8 Å². The maximum atomic E-state index is 12.6. The maximum Gasteiger partial charge on any atom is 0.251 e. The molecule has 1 aromatic rings. The van der Waals surface area contributed by atoms with Gasteiger partial charge in [-0.2, -0.15) is 0 Å². The molecule has 5 nitrogen and oxygen atoms in total. The number of nitrogens with one attached hydrogen (secondary N) is 2. The fourth-order valence-corrected chi connectivity index (χ4v) is 3.16. The van der Waals surface area contributed by atoms with Crippen molar-refractivity contribution in [3.05, 3.63) is 29.3 Å². The maximum absolute atomic E-state index is 12.6. The van der Waals surface area contributed by atoms with E-state index >= 15 is 0 Å². The van der Waals surface area contributed by atoms with E-state index in [0.717, 1.165) is 31.2 Å². The fourth-order valence-electron chi connectivity index (χ4n) is 3.16. The number of hydrogen-bond acceptors (Lipinski definition) is 3. The van der Waals surface area contributed by atoms with Crippen molar-refractivity contribution in [2.45, 2.75) is 45.1 Å². The molecule has 1 fully saturated rings. The quantitative estimate of drug-likeness (QED) is 0.800. The molecule has 0 saturated heterocycles. The molecule has 2 rings (SSSR count). The molecule has 0 bridgehead atoms. The Morgan fingerprint density at radius 3 is 2.68 bits per heavy atom. The Morgan fingerprint density at radius 2 is 2.05 bits per heavy atom. The van der Waals surface area contributed by atoms with Crippen molar-refractivity contribution in [2.24, 2.45) is 11.7 Å². The van der Waals surface area contributed by atoms with Crippen LogP contribution in [0.5, 0.6) is 0 Å². The lowest BCUT2D eigenvalue weighted by molar-refractivity contribution is -0.122. The first-order valence-corrected chi connectivity index (χ1v) is 7.78. The lowest BCUT2D eigenvalue weighted by Gasteiger charge is -2.37. The zero-order valence-electron chi connectivity index (χ0n) is 13.5. The molecule has 4 N–H and O–H groups in total. The highest BCUT2D eigenvalue weighted by Gasteiger charge is 2.37. The van der Waals surface area contributed by atoms with Crippen LogP contribution < -0.4 is 16.4 Å². The highest BCUT2D eigenvalue weighted by atomic mass is 16.2. The van der Waals surface area contributed by atoms with Crippen LogP contribution in [0.4, 0.5) is 5.69 Å². The summed E-state index contributed by atoms with van der Waals surface area (Å²) >= 11 is 0. The smallest absolute Gasteiger partial charge is 0.251 e. The number of rotatable bonds is 3. The van der Waals surface area contributed by atoms with Gasteiger partial charge in [-0.25, -0.2) is 0 Å². The molecule has 0 aliphatic heterocycles. The predicted octanol–water partition coefficient (Wildman–Crippen LogP) is 2.20. The van der Waals surface area contributed by atoms with E-state index in [0.29, 0.717) is 11.3 Å². The van der Waals surface area contributed by atoms with Gasteiger partial charge < -0.3 is 16.4 Å². The van der Waals surface area contributed by atoms with Crippen molar-refractivity contribution in [3.8, 4) is 0 Å². The van der Waals surface area contributed by atoms with Gasteiger partial charge in [0.05, 0.1) is 5.92 Å². The third-order valence-corrected chi connectivity index (χ3v) is 4.63. The van der Waals surface area contributed by atoms with Crippen LogP contribution in [0.15, 0.2) is 18.2 Å². The monoisotopic (exact) mass is 303 g/mol. The standard InChI is InChI=1S/C17H25N3O2/c1-11-12(15(21)19-3)7-6-9-14(11)20-16(22)13-8-4-5-10-17(13,2)18/h6-7,9,13H,4-5,8,10,18H2,1-3H3,(H,19,21)(H,20,22). The lowest BCUT2D eigenvalue weighted by atomic mass is 9.74. The first-order chi connectivity index (χ1) is 10.4. The van der Waals surface area contributed by atoms with Gasteiger partial charge in [-0.1, -0.05) is 18.9 Å². The third-order valence-electron chi connectivity index (χ3n) is 4.63. The van der Waals surface area contributed by atoms with E-state index in [1.807, 2.05) is 19.9 Å². The van der Waals surface area contributed by atoms with Gasteiger partial charge in [-0.15, -0.1) is 0 Å². The zero-order chi connectivity index (χ0) is 16.3. The van der Waals surface area contributed by atoms with Crippen LogP contribution in [-0.4, -0.2) is 24.4 Å². The predicted molar refractivity (Wildman–Crippen MR) is 87.7 cm³/mol. The highest BCUT2D eigenvalue weighted by molar-refractivity contribution is 5.99. The molecule has 0 aromatic heterocycles. The first kappa shape index (κ1) is 16.5. The van der Waals surface area contributed by atoms with Crippen LogP contribution in [0.2, 0.25) is 0 Å².